The van der Waals surface area contributed by atoms with Crippen molar-refractivity contribution in [3.63, 3.8) is 0 Å². The lowest BCUT2D eigenvalue weighted by Gasteiger charge is -2.06. The van der Waals surface area contributed by atoms with E-state index in [0.29, 0.717) is 16.1 Å². The molecule has 0 saturated carbocycles. The standard InChI is InChI=1S/C17H11ClO4S2/c18-14-7-3-12(4-8-14)17(19)13-5-9-15(10-6-13)22-24(20,21)16-2-1-11-23-16/h1-11H. The topological polar surface area (TPSA) is 60.4 Å². The summed E-state index contributed by atoms with van der Waals surface area (Å²) in [4.78, 5) is 12.3. The summed E-state index contributed by atoms with van der Waals surface area (Å²) < 4.78 is 29.3. The van der Waals surface area contributed by atoms with E-state index in [4.69, 9.17) is 15.8 Å². The number of thiophene rings is 1. The molecule has 0 radical (unpaired) electrons. The van der Waals surface area contributed by atoms with Crippen LogP contribution in [0.5, 0.6) is 5.75 Å². The monoisotopic (exact) mass is 378 g/mol. The molecule has 0 saturated heterocycles. The molecule has 0 aliphatic carbocycles. The number of carbonyl (C=O) groups excluding carboxylic acids is 1. The first kappa shape index (κ1) is 16.7. The Morgan fingerprint density at radius 3 is 2.04 bits per heavy atom. The predicted molar refractivity (Wildman–Crippen MR) is 93.5 cm³/mol. The van der Waals surface area contributed by atoms with E-state index in [2.05, 4.69) is 0 Å². The molecule has 122 valence electrons. The fourth-order valence-electron chi connectivity index (χ4n) is 2.00. The van der Waals surface area contributed by atoms with Crippen molar-refractivity contribution in [1.82, 2.24) is 0 Å². The summed E-state index contributed by atoms with van der Waals surface area (Å²) in [5.41, 5.74) is 0.928. The van der Waals surface area contributed by atoms with Gasteiger partial charge < -0.3 is 4.18 Å². The second kappa shape index (κ2) is 6.76. The third kappa shape index (κ3) is 3.67. The average molecular weight is 379 g/mol. The van der Waals surface area contributed by atoms with Crippen molar-refractivity contribution in [2.24, 2.45) is 0 Å². The van der Waals surface area contributed by atoms with Gasteiger partial charge in [0.15, 0.2) is 9.99 Å². The molecule has 3 rings (SSSR count). The molecule has 24 heavy (non-hydrogen) atoms. The van der Waals surface area contributed by atoms with Crippen molar-refractivity contribution in [3.8, 4) is 5.75 Å². The molecule has 0 atom stereocenters. The van der Waals surface area contributed by atoms with Crippen LogP contribution >= 0.6 is 22.9 Å². The van der Waals surface area contributed by atoms with Gasteiger partial charge in [-0.2, -0.15) is 8.42 Å². The number of carbonyl (C=O) groups is 1. The van der Waals surface area contributed by atoms with Crippen molar-refractivity contribution >= 4 is 38.8 Å². The van der Waals surface area contributed by atoms with Gasteiger partial charge in [-0.3, -0.25) is 4.79 Å². The molecule has 0 aliphatic rings. The summed E-state index contributed by atoms with van der Waals surface area (Å²) in [7, 11) is -3.84. The van der Waals surface area contributed by atoms with Gasteiger partial charge in [-0.15, -0.1) is 11.3 Å². The molecule has 0 spiro atoms. The Balaban J connectivity index is 1.78. The third-order valence-electron chi connectivity index (χ3n) is 3.17. The Morgan fingerprint density at radius 1 is 0.917 bits per heavy atom. The van der Waals surface area contributed by atoms with Crippen LogP contribution in [0.3, 0.4) is 0 Å². The molecule has 1 heterocycles. The summed E-state index contributed by atoms with van der Waals surface area (Å²) in [6, 6.07) is 15.6. The van der Waals surface area contributed by atoms with Crippen molar-refractivity contribution in [1.29, 1.82) is 0 Å². The van der Waals surface area contributed by atoms with Gasteiger partial charge in [-0.05, 0) is 60.0 Å². The minimum atomic E-state index is -3.84. The van der Waals surface area contributed by atoms with Gasteiger partial charge >= 0.3 is 10.1 Å². The Hall–Kier alpha value is -2.15. The number of hydrogen-bond acceptors (Lipinski definition) is 5. The highest BCUT2D eigenvalue weighted by molar-refractivity contribution is 7.89. The van der Waals surface area contributed by atoms with Crippen LogP contribution in [-0.4, -0.2) is 14.2 Å². The largest absolute Gasteiger partial charge is 0.378 e. The average Bonchev–Trinajstić information content (AvgIpc) is 3.11. The number of benzene rings is 2. The SMILES string of the molecule is O=C(c1ccc(Cl)cc1)c1ccc(OS(=O)(=O)c2cccs2)cc1. The van der Waals surface area contributed by atoms with Crippen LogP contribution < -0.4 is 4.18 Å². The van der Waals surface area contributed by atoms with Crippen LogP contribution in [0.2, 0.25) is 5.02 Å². The van der Waals surface area contributed by atoms with Gasteiger partial charge in [-0.25, -0.2) is 0 Å². The highest BCUT2D eigenvalue weighted by Crippen LogP contribution is 2.23. The molecule has 4 nitrogen and oxygen atoms in total. The van der Waals surface area contributed by atoms with Gasteiger partial charge in [-0.1, -0.05) is 17.7 Å². The predicted octanol–water partition coefficient (Wildman–Crippen LogP) is 4.40. The fraction of sp³-hybridized carbons (Fsp3) is 0. The lowest BCUT2D eigenvalue weighted by Crippen LogP contribution is -2.08. The Morgan fingerprint density at radius 2 is 1.50 bits per heavy atom. The van der Waals surface area contributed by atoms with E-state index in [9.17, 15) is 13.2 Å². The first-order valence-corrected chi connectivity index (χ1v) is 9.51. The molecule has 0 fully saturated rings. The number of rotatable bonds is 5. The molecule has 0 unspecified atom stereocenters. The summed E-state index contributed by atoms with van der Waals surface area (Å²) in [6.45, 7) is 0. The first-order valence-electron chi connectivity index (χ1n) is 6.84. The second-order valence-corrected chi connectivity index (χ2v) is 7.99. The van der Waals surface area contributed by atoms with E-state index < -0.39 is 10.1 Å². The zero-order valence-corrected chi connectivity index (χ0v) is 14.6. The van der Waals surface area contributed by atoms with Crippen LogP contribution in [0, 0.1) is 0 Å². The van der Waals surface area contributed by atoms with Crippen molar-refractivity contribution in [2.75, 3.05) is 0 Å². The molecule has 0 amide bonds. The Kier molecular flexibility index (Phi) is 4.71. The molecule has 7 heteroatoms. The summed E-state index contributed by atoms with van der Waals surface area (Å²) in [5, 5.41) is 2.21. The maximum atomic E-state index is 12.3. The molecule has 0 aliphatic heterocycles. The van der Waals surface area contributed by atoms with Crippen LogP contribution in [0.15, 0.2) is 70.3 Å². The van der Waals surface area contributed by atoms with Gasteiger partial charge in [0.05, 0.1) is 0 Å². The highest BCUT2D eigenvalue weighted by atomic mass is 35.5. The van der Waals surface area contributed by atoms with Crippen LogP contribution in [0.1, 0.15) is 15.9 Å². The van der Waals surface area contributed by atoms with E-state index in [1.807, 2.05) is 0 Å². The van der Waals surface area contributed by atoms with Crippen LogP contribution in [-0.2, 0) is 10.1 Å². The summed E-state index contributed by atoms with van der Waals surface area (Å²) in [6.07, 6.45) is 0. The third-order valence-corrected chi connectivity index (χ3v) is 6.03. The van der Waals surface area contributed by atoms with Crippen molar-refractivity contribution in [2.45, 2.75) is 4.21 Å². The highest BCUT2D eigenvalue weighted by Gasteiger charge is 2.18. The van der Waals surface area contributed by atoms with Crippen molar-refractivity contribution in [3.05, 3.63) is 82.2 Å². The quantitative estimate of drug-likeness (QED) is 0.487. The van der Waals surface area contributed by atoms with Gasteiger partial charge in [0.2, 0.25) is 0 Å². The van der Waals surface area contributed by atoms with Gasteiger partial charge in [0.1, 0.15) is 5.75 Å². The van der Waals surface area contributed by atoms with E-state index in [0.717, 1.165) is 11.3 Å². The number of ketones is 1. The molecular formula is C17H11ClO4S2. The van der Waals surface area contributed by atoms with Gasteiger partial charge in [0.25, 0.3) is 0 Å². The van der Waals surface area contributed by atoms with Crippen LogP contribution in [0.25, 0.3) is 0 Å². The van der Waals surface area contributed by atoms with E-state index in [1.165, 1.54) is 30.3 Å². The number of hydrogen-bond donors (Lipinski definition) is 0. The van der Waals surface area contributed by atoms with Gasteiger partial charge in [0, 0.05) is 16.1 Å². The summed E-state index contributed by atoms with van der Waals surface area (Å²) in [5.74, 6) is -0.0320. The fourth-order valence-corrected chi connectivity index (χ4v) is 4.01. The maximum absolute atomic E-state index is 12.3. The normalized spacial score (nSPS) is 11.2. The minimum Gasteiger partial charge on any atom is -0.378 e. The van der Waals surface area contributed by atoms with Crippen molar-refractivity contribution < 1.29 is 17.4 Å². The van der Waals surface area contributed by atoms with E-state index in [1.54, 1.807) is 35.7 Å². The zero-order chi connectivity index (χ0) is 17.2. The van der Waals surface area contributed by atoms with E-state index >= 15 is 0 Å². The summed E-state index contributed by atoms with van der Waals surface area (Å²) >= 11 is 6.88. The lowest BCUT2D eigenvalue weighted by atomic mass is 10.0. The van der Waals surface area contributed by atoms with E-state index in [-0.39, 0.29) is 15.7 Å². The van der Waals surface area contributed by atoms with Crippen LogP contribution in [0.4, 0.5) is 0 Å². The molecule has 2 aromatic carbocycles. The molecule has 3 aromatic rings. The molecular weight excluding hydrogens is 368 g/mol. The molecule has 1 aromatic heterocycles. The maximum Gasteiger partial charge on any atom is 0.348 e. The first-order chi connectivity index (χ1) is 11.5. The number of halogens is 1. The smallest absolute Gasteiger partial charge is 0.348 e. The molecule has 0 N–H and O–H groups in total. The minimum absolute atomic E-state index is 0.129. The second-order valence-electron chi connectivity index (χ2n) is 4.83. The lowest BCUT2D eigenvalue weighted by molar-refractivity contribution is 0.103. The Labute approximate surface area is 148 Å². The molecule has 0 bridgehead atoms. The zero-order valence-electron chi connectivity index (χ0n) is 12.2. The Bertz CT molecular complexity index is 945.